The molecule has 1 aliphatic carbocycles. The smallest absolute Gasteiger partial charge is 0.224 e. The maximum absolute atomic E-state index is 13.0. The molecule has 4 saturated heterocycles. The van der Waals surface area contributed by atoms with Crippen LogP contribution in [-0.2, 0) is 11.2 Å². The highest BCUT2D eigenvalue weighted by molar-refractivity contribution is 5.80. The highest BCUT2D eigenvalue weighted by Gasteiger charge is 2.55. The Kier molecular flexibility index (Phi) is 4.49. The molecule has 5 nitrogen and oxygen atoms in total. The molecule has 5 fully saturated rings. The van der Waals surface area contributed by atoms with Gasteiger partial charge >= 0.3 is 0 Å². The van der Waals surface area contributed by atoms with E-state index < -0.39 is 0 Å². The summed E-state index contributed by atoms with van der Waals surface area (Å²) in [6.07, 6.45) is 4.32. The zero-order chi connectivity index (χ0) is 18.4. The summed E-state index contributed by atoms with van der Waals surface area (Å²) >= 11 is 0. The van der Waals surface area contributed by atoms with Gasteiger partial charge < -0.3 is 20.1 Å². The second-order valence-corrected chi connectivity index (χ2v) is 9.52. The van der Waals surface area contributed by atoms with Crippen molar-refractivity contribution in [1.29, 1.82) is 0 Å². The third-order valence-electron chi connectivity index (χ3n) is 7.49. The van der Waals surface area contributed by atoms with E-state index in [1.54, 1.807) is 0 Å². The van der Waals surface area contributed by atoms with Crippen molar-refractivity contribution in [2.45, 2.75) is 31.7 Å². The van der Waals surface area contributed by atoms with Gasteiger partial charge in [-0.2, -0.15) is 0 Å². The van der Waals surface area contributed by atoms with Crippen LogP contribution in [0.5, 0.6) is 0 Å². The van der Waals surface area contributed by atoms with E-state index in [1.807, 2.05) is 0 Å². The second kappa shape index (κ2) is 6.87. The van der Waals surface area contributed by atoms with Crippen LogP contribution in [0.2, 0.25) is 0 Å². The molecule has 0 spiro atoms. The van der Waals surface area contributed by atoms with Gasteiger partial charge in [-0.05, 0) is 31.2 Å². The van der Waals surface area contributed by atoms with Crippen LogP contribution in [0.25, 0.3) is 0 Å². The van der Waals surface area contributed by atoms with Gasteiger partial charge in [0.25, 0.3) is 0 Å². The number of carbonyl (C=O) groups excluding carboxylic acids is 1. The summed E-state index contributed by atoms with van der Waals surface area (Å²) in [5.41, 5.74) is 1.38. The number of nitrogens with one attached hydrogen (secondary N) is 1. The Hall–Kier alpha value is -1.43. The van der Waals surface area contributed by atoms with Crippen LogP contribution < -0.4 is 5.32 Å². The summed E-state index contributed by atoms with van der Waals surface area (Å²) in [7, 11) is 0. The number of hydrogen-bond acceptors (Lipinski definition) is 3. The molecule has 1 amide bonds. The molecular weight excluding hydrogens is 338 g/mol. The molecule has 4 aliphatic heterocycles. The predicted octanol–water partition coefficient (Wildman–Crippen LogP) is 2.02. The number of rotatable bonds is 5. The van der Waals surface area contributed by atoms with Crippen molar-refractivity contribution in [3.05, 3.63) is 41.1 Å². The molecule has 1 N–H and O–H groups in total. The van der Waals surface area contributed by atoms with Crippen molar-refractivity contribution < 1.29 is 9.44 Å². The molecule has 5 heteroatoms. The molecule has 4 heterocycles. The predicted molar refractivity (Wildman–Crippen MR) is 105 cm³/mol. The van der Waals surface area contributed by atoms with Crippen molar-refractivity contribution in [2.24, 2.45) is 23.7 Å². The summed E-state index contributed by atoms with van der Waals surface area (Å²) in [4.78, 5) is 15.5. The number of carbonyl (C=O) groups is 1. The van der Waals surface area contributed by atoms with Crippen molar-refractivity contribution >= 4 is 5.91 Å². The van der Waals surface area contributed by atoms with E-state index in [-0.39, 0.29) is 22.5 Å². The average Bonchev–Trinajstić information content (AvgIpc) is 3.06. The van der Waals surface area contributed by atoms with Gasteiger partial charge in [0, 0.05) is 43.4 Å². The van der Waals surface area contributed by atoms with Crippen LogP contribution in [0.4, 0.5) is 0 Å². The normalized spacial score (nSPS) is 40.4. The fourth-order valence-corrected chi connectivity index (χ4v) is 6.52. The SMILES string of the molecule is O=C(NC1CCN(CCc2ccccc2)C1)C1C2CC3CC1C[N+]([O-])(C3)C2. The number of benzene rings is 1. The minimum atomic E-state index is -0.0134. The van der Waals surface area contributed by atoms with Gasteiger partial charge in [0.15, 0.2) is 0 Å². The quantitative estimate of drug-likeness (QED) is 0.638. The second-order valence-electron chi connectivity index (χ2n) is 9.52. The van der Waals surface area contributed by atoms with Gasteiger partial charge in [-0.1, -0.05) is 30.3 Å². The minimum Gasteiger partial charge on any atom is -0.633 e. The van der Waals surface area contributed by atoms with Crippen molar-refractivity contribution in [3.8, 4) is 0 Å². The fourth-order valence-electron chi connectivity index (χ4n) is 6.52. The zero-order valence-corrected chi connectivity index (χ0v) is 16.1. The summed E-state index contributed by atoms with van der Waals surface area (Å²) < 4.78 is -0.0134. The molecule has 1 aromatic rings. The van der Waals surface area contributed by atoms with Gasteiger partial charge in [0.1, 0.15) is 0 Å². The van der Waals surface area contributed by atoms with Crippen LogP contribution in [-0.4, -0.2) is 60.8 Å². The Bertz CT molecular complexity index is 678. The Morgan fingerprint density at radius 1 is 1.15 bits per heavy atom. The zero-order valence-electron chi connectivity index (χ0n) is 16.1. The summed E-state index contributed by atoms with van der Waals surface area (Å²) in [6.45, 7) is 5.25. The summed E-state index contributed by atoms with van der Waals surface area (Å²) in [5, 5.41) is 16.1. The van der Waals surface area contributed by atoms with Gasteiger partial charge in [0.05, 0.1) is 25.6 Å². The Morgan fingerprint density at radius 2 is 1.89 bits per heavy atom. The first-order valence-corrected chi connectivity index (χ1v) is 10.7. The lowest BCUT2D eigenvalue weighted by Gasteiger charge is -2.62. The largest absolute Gasteiger partial charge is 0.633 e. The number of quaternary nitrogens is 1. The maximum atomic E-state index is 13.0. The lowest BCUT2D eigenvalue weighted by atomic mass is 9.61. The molecule has 0 aromatic heterocycles. The van der Waals surface area contributed by atoms with Gasteiger partial charge in [0.2, 0.25) is 5.91 Å². The number of hydroxylamine groups is 3. The first-order chi connectivity index (χ1) is 13.1. The van der Waals surface area contributed by atoms with E-state index in [1.165, 1.54) is 5.56 Å². The molecule has 27 heavy (non-hydrogen) atoms. The lowest BCUT2D eigenvalue weighted by Crippen LogP contribution is -2.68. The molecule has 1 saturated carbocycles. The molecule has 0 radical (unpaired) electrons. The van der Waals surface area contributed by atoms with E-state index >= 15 is 0 Å². The molecule has 5 aliphatic rings. The lowest BCUT2D eigenvalue weighted by molar-refractivity contribution is -0.911. The van der Waals surface area contributed by atoms with E-state index in [0.717, 1.165) is 51.9 Å². The van der Waals surface area contributed by atoms with Gasteiger partial charge in [-0.15, -0.1) is 0 Å². The highest BCUT2D eigenvalue weighted by Crippen LogP contribution is 2.50. The molecule has 3 unspecified atom stereocenters. The van der Waals surface area contributed by atoms with Crippen molar-refractivity contribution in [3.63, 3.8) is 0 Å². The Balaban J connectivity index is 1.13. The van der Waals surface area contributed by atoms with Crippen LogP contribution >= 0.6 is 0 Å². The molecule has 4 bridgehead atoms. The number of piperidine rings is 3. The first-order valence-electron chi connectivity index (χ1n) is 10.7. The third-order valence-corrected chi connectivity index (χ3v) is 7.49. The molecule has 146 valence electrons. The number of amides is 1. The van der Waals surface area contributed by atoms with Crippen LogP contribution in [0, 0.1) is 28.9 Å². The van der Waals surface area contributed by atoms with Crippen LogP contribution in [0.1, 0.15) is 24.8 Å². The first kappa shape index (κ1) is 17.7. The van der Waals surface area contributed by atoms with Crippen molar-refractivity contribution in [1.82, 2.24) is 10.2 Å². The van der Waals surface area contributed by atoms with Gasteiger partial charge in [-0.25, -0.2) is 0 Å². The molecule has 6 rings (SSSR count). The van der Waals surface area contributed by atoms with E-state index in [0.29, 0.717) is 30.8 Å². The van der Waals surface area contributed by atoms with Crippen molar-refractivity contribution in [2.75, 3.05) is 39.3 Å². The fraction of sp³-hybridized carbons (Fsp3) is 0.682. The highest BCUT2D eigenvalue weighted by atomic mass is 16.5. The van der Waals surface area contributed by atoms with E-state index in [2.05, 4.69) is 40.5 Å². The Morgan fingerprint density at radius 3 is 2.59 bits per heavy atom. The van der Waals surface area contributed by atoms with Crippen LogP contribution in [0.3, 0.4) is 0 Å². The van der Waals surface area contributed by atoms with E-state index in [9.17, 15) is 10.0 Å². The summed E-state index contributed by atoms with van der Waals surface area (Å²) in [6, 6.07) is 10.9. The van der Waals surface area contributed by atoms with Crippen LogP contribution in [0.15, 0.2) is 30.3 Å². The number of hydrogen-bond donors (Lipinski definition) is 1. The van der Waals surface area contributed by atoms with E-state index in [4.69, 9.17) is 0 Å². The average molecular weight is 370 g/mol. The molecule has 1 aromatic carbocycles. The third kappa shape index (κ3) is 3.53. The number of likely N-dealkylation sites (tertiary alicyclic amines) is 1. The molecular formula is C22H31N3O2. The number of nitrogens with zero attached hydrogens (tertiary/aromatic N) is 2. The topological polar surface area (TPSA) is 55.4 Å². The minimum absolute atomic E-state index is 0.0134. The summed E-state index contributed by atoms with van der Waals surface area (Å²) in [5.74, 6) is 1.56. The van der Waals surface area contributed by atoms with Gasteiger partial charge in [-0.3, -0.25) is 4.79 Å². The maximum Gasteiger partial charge on any atom is 0.224 e. The Labute approximate surface area is 161 Å². The standard InChI is InChI=1S/C22H31N3O2/c26-22(21-18-10-17-11-19(21)15-25(27,13-17)14-18)23-20-7-9-24(12-20)8-6-16-4-2-1-3-5-16/h1-5,17-21H,6-15H2,(H,23,26). The molecule has 3 atom stereocenters. The monoisotopic (exact) mass is 369 g/mol.